The van der Waals surface area contributed by atoms with Crippen LogP contribution in [0.5, 0.6) is 5.75 Å². The quantitative estimate of drug-likeness (QED) is 0.719. The summed E-state index contributed by atoms with van der Waals surface area (Å²) >= 11 is 0. The zero-order chi connectivity index (χ0) is 9.14. The van der Waals surface area contributed by atoms with Gasteiger partial charge in [-0.1, -0.05) is 0 Å². The van der Waals surface area contributed by atoms with Crippen LogP contribution in [0.4, 0.5) is 0 Å². The van der Waals surface area contributed by atoms with Crippen molar-refractivity contribution in [1.29, 1.82) is 0 Å². The Bertz CT molecular complexity index is 261. The first kappa shape index (κ1) is 9.00. The highest BCUT2D eigenvalue weighted by Crippen LogP contribution is 2.21. The molecule has 3 heteroatoms. The van der Waals surface area contributed by atoms with Crippen molar-refractivity contribution in [3.8, 4) is 5.75 Å². The van der Waals surface area contributed by atoms with Crippen molar-refractivity contribution >= 4 is 0 Å². The number of rotatable bonds is 2. The van der Waals surface area contributed by atoms with Crippen LogP contribution in [0.1, 0.15) is 17.0 Å². The standard InChI is InChI=1S/C9H13NO2/c1-6-4-8(5-11)10-7(2)9(6)12-3/h4,11H,5H2,1-3H3. The second kappa shape index (κ2) is 3.54. The van der Waals surface area contributed by atoms with E-state index in [-0.39, 0.29) is 6.61 Å². The molecular formula is C9H13NO2. The van der Waals surface area contributed by atoms with Gasteiger partial charge in [0.2, 0.25) is 0 Å². The van der Waals surface area contributed by atoms with E-state index in [1.54, 1.807) is 7.11 Å². The van der Waals surface area contributed by atoms with E-state index in [4.69, 9.17) is 9.84 Å². The maximum absolute atomic E-state index is 8.85. The Balaban J connectivity index is 3.18. The third kappa shape index (κ3) is 1.56. The zero-order valence-corrected chi connectivity index (χ0v) is 7.59. The first-order valence-electron chi connectivity index (χ1n) is 3.81. The van der Waals surface area contributed by atoms with Crippen LogP contribution in [-0.4, -0.2) is 17.2 Å². The van der Waals surface area contributed by atoms with Crippen molar-refractivity contribution in [2.45, 2.75) is 20.5 Å². The predicted octanol–water partition coefficient (Wildman–Crippen LogP) is 1.20. The van der Waals surface area contributed by atoms with E-state index in [0.717, 1.165) is 17.0 Å². The summed E-state index contributed by atoms with van der Waals surface area (Å²) in [5.74, 6) is 0.798. The Labute approximate surface area is 72.0 Å². The molecule has 12 heavy (non-hydrogen) atoms. The van der Waals surface area contributed by atoms with E-state index in [0.29, 0.717) is 5.69 Å². The summed E-state index contributed by atoms with van der Waals surface area (Å²) in [6.45, 7) is 3.78. The normalized spacial score (nSPS) is 10.0. The number of aliphatic hydroxyl groups is 1. The molecule has 0 amide bonds. The molecule has 0 saturated carbocycles. The number of methoxy groups -OCH3 is 1. The lowest BCUT2D eigenvalue weighted by Crippen LogP contribution is -1.98. The van der Waals surface area contributed by atoms with Gasteiger partial charge in [0.25, 0.3) is 0 Å². The molecule has 0 fully saturated rings. The van der Waals surface area contributed by atoms with Crippen molar-refractivity contribution < 1.29 is 9.84 Å². The number of hydrogen-bond donors (Lipinski definition) is 1. The van der Waals surface area contributed by atoms with Crippen LogP contribution in [0.2, 0.25) is 0 Å². The van der Waals surface area contributed by atoms with Crippen LogP contribution >= 0.6 is 0 Å². The van der Waals surface area contributed by atoms with Gasteiger partial charge in [0.05, 0.1) is 25.1 Å². The topological polar surface area (TPSA) is 42.4 Å². The molecule has 0 aromatic carbocycles. The number of aliphatic hydroxyl groups excluding tert-OH is 1. The summed E-state index contributed by atoms with van der Waals surface area (Å²) in [5, 5.41) is 8.85. The zero-order valence-electron chi connectivity index (χ0n) is 7.59. The summed E-state index contributed by atoms with van der Waals surface area (Å²) in [6.07, 6.45) is 0. The third-order valence-electron chi connectivity index (χ3n) is 1.75. The van der Waals surface area contributed by atoms with Gasteiger partial charge in [0.1, 0.15) is 5.75 Å². The van der Waals surface area contributed by atoms with Crippen molar-refractivity contribution in [2.24, 2.45) is 0 Å². The minimum atomic E-state index is -0.0221. The number of aromatic nitrogens is 1. The minimum Gasteiger partial charge on any atom is -0.495 e. The first-order valence-corrected chi connectivity index (χ1v) is 3.81. The predicted molar refractivity (Wildman–Crippen MR) is 46.2 cm³/mol. The highest BCUT2D eigenvalue weighted by Gasteiger charge is 2.05. The number of ether oxygens (including phenoxy) is 1. The second-order valence-electron chi connectivity index (χ2n) is 2.71. The van der Waals surface area contributed by atoms with E-state index in [2.05, 4.69) is 4.98 Å². The molecule has 3 nitrogen and oxygen atoms in total. The van der Waals surface area contributed by atoms with Gasteiger partial charge in [-0.2, -0.15) is 0 Å². The summed E-state index contributed by atoms with van der Waals surface area (Å²) in [4.78, 5) is 4.15. The van der Waals surface area contributed by atoms with E-state index < -0.39 is 0 Å². The van der Waals surface area contributed by atoms with Gasteiger partial charge in [-0.15, -0.1) is 0 Å². The lowest BCUT2D eigenvalue weighted by molar-refractivity contribution is 0.276. The van der Waals surface area contributed by atoms with Gasteiger partial charge >= 0.3 is 0 Å². The summed E-state index contributed by atoms with van der Waals surface area (Å²) < 4.78 is 5.13. The molecular weight excluding hydrogens is 154 g/mol. The molecule has 0 aliphatic rings. The SMILES string of the molecule is COc1c(C)cc(CO)nc1C. The van der Waals surface area contributed by atoms with Gasteiger partial charge in [-0.3, -0.25) is 4.98 Å². The van der Waals surface area contributed by atoms with Gasteiger partial charge in [-0.05, 0) is 25.5 Å². The molecule has 1 heterocycles. The highest BCUT2D eigenvalue weighted by atomic mass is 16.5. The molecule has 0 atom stereocenters. The van der Waals surface area contributed by atoms with Crippen LogP contribution < -0.4 is 4.74 Å². The molecule has 1 rings (SSSR count). The fourth-order valence-electron chi connectivity index (χ4n) is 1.29. The molecule has 0 bridgehead atoms. The average Bonchev–Trinajstić information content (AvgIpc) is 2.03. The summed E-state index contributed by atoms with van der Waals surface area (Å²) in [5.41, 5.74) is 2.52. The smallest absolute Gasteiger partial charge is 0.142 e. The Morgan fingerprint density at radius 3 is 2.58 bits per heavy atom. The number of aryl methyl sites for hydroxylation is 2. The molecule has 0 radical (unpaired) electrons. The minimum absolute atomic E-state index is 0.0221. The van der Waals surface area contributed by atoms with Crippen LogP contribution in [0.15, 0.2) is 6.07 Å². The molecule has 1 aromatic rings. The molecule has 1 aromatic heterocycles. The van der Waals surface area contributed by atoms with Gasteiger partial charge in [0.15, 0.2) is 0 Å². The monoisotopic (exact) mass is 167 g/mol. The maximum Gasteiger partial charge on any atom is 0.142 e. The van der Waals surface area contributed by atoms with Crippen molar-refractivity contribution in [3.63, 3.8) is 0 Å². The molecule has 66 valence electrons. The Morgan fingerprint density at radius 1 is 1.50 bits per heavy atom. The highest BCUT2D eigenvalue weighted by molar-refractivity contribution is 5.37. The Hall–Kier alpha value is -1.09. The third-order valence-corrected chi connectivity index (χ3v) is 1.75. The van der Waals surface area contributed by atoms with E-state index >= 15 is 0 Å². The number of hydrogen-bond acceptors (Lipinski definition) is 3. The van der Waals surface area contributed by atoms with E-state index in [1.165, 1.54) is 0 Å². The second-order valence-corrected chi connectivity index (χ2v) is 2.71. The maximum atomic E-state index is 8.85. The summed E-state index contributed by atoms with van der Waals surface area (Å²) in [6, 6.07) is 1.83. The fourth-order valence-corrected chi connectivity index (χ4v) is 1.29. The van der Waals surface area contributed by atoms with Crippen LogP contribution in [-0.2, 0) is 6.61 Å². The van der Waals surface area contributed by atoms with Gasteiger partial charge in [0, 0.05) is 0 Å². The number of pyridine rings is 1. The molecule has 1 N–H and O–H groups in total. The van der Waals surface area contributed by atoms with Crippen molar-refractivity contribution in [2.75, 3.05) is 7.11 Å². The van der Waals surface area contributed by atoms with E-state index in [9.17, 15) is 0 Å². The van der Waals surface area contributed by atoms with E-state index in [1.807, 2.05) is 19.9 Å². The average molecular weight is 167 g/mol. The lowest BCUT2D eigenvalue weighted by atomic mass is 10.2. The molecule has 0 saturated heterocycles. The van der Waals surface area contributed by atoms with Gasteiger partial charge in [-0.25, -0.2) is 0 Å². The Morgan fingerprint density at radius 2 is 2.17 bits per heavy atom. The van der Waals surface area contributed by atoms with Crippen molar-refractivity contribution in [3.05, 3.63) is 23.0 Å². The lowest BCUT2D eigenvalue weighted by Gasteiger charge is -2.08. The largest absolute Gasteiger partial charge is 0.495 e. The fraction of sp³-hybridized carbons (Fsp3) is 0.444. The Kier molecular flexibility index (Phi) is 2.65. The molecule has 0 spiro atoms. The van der Waals surface area contributed by atoms with Crippen LogP contribution in [0.3, 0.4) is 0 Å². The van der Waals surface area contributed by atoms with Gasteiger partial charge < -0.3 is 9.84 Å². The molecule has 0 aliphatic carbocycles. The van der Waals surface area contributed by atoms with Crippen LogP contribution in [0, 0.1) is 13.8 Å². The van der Waals surface area contributed by atoms with Crippen molar-refractivity contribution in [1.82, 2.24) is 4.98 Å². The number of nitrogens with zero attached hydrogens (tertiary/aromatic N) is 1. The molecule has 0 aliphatic heterocycles. The van der Waals surface area contributed by atoms with Crippen LogP contribution in [0.25, 0.3) is 0 Å². The first-order chi connectivity index (χ1) is 5.69. The summed E-state index contributed by atoms with van der Waals surface area (Å²) in [7, 11) is 1.62. The molecule has 0 unspecified atom stereocenters.